The van der Waals surface area contributed by atoms with E-state index in [1.54, 1.807) is 55.1 Å². The fourth-order valence-electron chi connectivity index (χ4n) is 2.86. The summed E-state index contributed by atoms with van der Waals surface area (Å²) in [7, 11) is 3.40. The van der Waals surface area contributed by atoms with Gasteiger partial charge >= 0.3 is 0 Å². The number of likely N-dealkylation sites (N-methyl/N-ethyl adjacent to an activating group) is 2. The number of amides is 2. The SMILES string of the molecule is CC[NH+](CC(=O)Nc1ccc(OC)cc1)CC(=O)N(C)Cc1ccc(SC)cc1. The number of rotatable bonds is 10. The maximum absolute atomic E-state index is 12.6. The number of carbonyl (C=O) groups is 2. The van der Waals surface area contributed by atoms with Crippen LogP contribution in [-0.4, -0.2) is 56.8 Å². The monoisotopic (exact) mass is 416 g/mol. The van der Waals surface area contributed by atoms with E-state index in [4.69, 9.17) is 4.74 Å². The summed E-state index contributed by atoms with van der Waals surface area (Å²) in [6.45, 7) is 3.75. The molecule has 1 atom stereocenters. The van der Waals surface area contributed by atoms with Gasteiger partial charge in [-0.2, -0.15) is 0 Å². The van der Waals surface area contributed by atoms with Gasteiger partial charge in [0, 0.05) is 24.2 Å². The summed E-state index contributed by atoms with van der Waals surface area (Å²) in [5.41, 5.74) is 1.80. The number of nitrogens with zero attached hydrogens (tertiary/aromatic N) is 1. The summed E-state index contributed by atoms with van der Waals surface area (Å²) in [6.07, 6.45) is 2.04. The first-order valence-electron chi connectivity index (χ1n) is 9.59. The number of carbonyl (C=O) groups excluding carboxylic acids is 2. The lowest BCUT2D eigenvalue weighted by atomic mass is 10.2. The summed E-state index contributed by atoms with van der Waals surface area (Å²) < 4.78 is 5.12. The Hall–Kier alpha value is -2.51. The number of hydrogen-bond donors (Lipinski definition) is 2. The van der Waals surface area contributed by atoms with Gasteiger partial charge in [-0.3, -0.25) is 9.59 Å². The van der Waals surface area contributed by atoms with E-state index in [2.05, 4.69) is 17.4 Å². The number of anilines is 1. The largest absolute Gasteiger partial charge is 0.497 e. The van der Waals surface area contributed by atoms with Crippen LogP contribution in [0, 0.1) is 0 Å². The Morgan fingerprint density at radius 1 is 1.07 bits per heavy atom. The molecule has 0 radical (unpaired) electrons. The first kappa shape index (κ1) is 22.8. The Balaban J connectivity index is 1.84. The number of benzene rings is 2. The lowest BCUT2D eigenvalue weighted by Crippen LogP contribution is -3.13. The number of nitrogens with one attached hydrogen (secondary N) is 2. The maximum Gasteiger partial charge on any atom is 0.279 e. The molecule has 2 aromatic rings. The summed E-state index contributed by atoms with van der Waals surface area (Å²) in [5, 5.41) is 2.87. The fourth-order valence-corrected chi connectivity index (χ4v) is 3.27. The number of methoxy groups -OCH3 is 1. The standard InChI is InChI=1S/C22H29N3O3S/c1-5-25(15-21(26)23-18-8-10-19(28-3)11-9-18)16-22(27)24(2)14-17-6-12-20(29-4)13-7-17/h6-13H,5,14-16H2,1-4H3,(H,23,26)/p+1. The van der Waals surface area contributed by atoms with E-state index in [9.17, 15) is 9.59 Å². The van der Waals surface area contributed by atoms with Gasteiger partial charge in [-0.1, -0.05) is 12.1 Å². The molecule has 0 spiro atoms. The van der Waals surface area contributed by atoms with Crippen LogP contribution in [0.4, 0.5) is 5.69 Å². The maximum atomic E-state index is 12.6. The Morgan fingerprint density at radius 3 is 2.28 bits per heavy atom. The van der Waals surface area contributed by atoms with Crippen molar-refractivity contribution >= 4 is 29.3 Å². The van der Waals surface area contributed by atoms with Crippen molar-refractivity contribution in [1.29, 1.82) is 0 Å². The van der Waals surface area contributed by atoms with Gasteiger partial charge in [0.1, 0.15) is 5.75 Å². The molecular formula is C22H30N3O3S+. The van der Waals surface area contributed by atoms with E-state index in [-0.39, 0.29) is 24.9 Å². The molecule has 2 amide bonds. The fraction of sp³-hybridized carbons (Fsp3) is 0.364. The Kier molecular flexibility index (Phi) is 9.02. The average Bonchev–Trinajstić information content (AvgIpc) is 2.74. The zero-order valence-corrected chi connectivity index (χ0v) is 18.3. The molecular weight excluding hydrogens is 386 g/mol. The summed E-state index contributed by atoms with van der Waals surface area (Å²) in [4.78, 5) is 28.8. The van der Waals surface area contributed by atoms with E-state index in [0.29, 0.717) is 18.8 Å². The van der Waals surface area contributed by atoms with Crippen LogP contribution in [0.15, 0.2) is 53.4 Å². The molecule has 0 saturated heterocycles. The molecule has 2 rings (SSSR count). The minimum atomic E-state index is -0.116. The van der Waals surface area contributed by atoms with E-state index >= 15 is 0 Å². The molecule has 29 heavy (non-hydrogen) atoms. The van der Waals surface area contributed by atoms with Gasteiger partial charge in [-0.15, -0.1) is 11.8 Å². The highest BCUT2D eigenvalue weighted by atomic mass is 32.2. The molecule has 0 bridgehead atoms. The normalized spacial score (nSPS) is 11.6. The highest BCUT2D eigenvalue weighted by Crippen LogP contribution is 2.16. The van der Waals surface area contributed by atoms with Crippen LogP contribution in [0.1, 0.15) is 12.5 Å². The zero-order valence-electron chi connectivity index (χ0n) is 17.5. The van der Waals surface area contributed by atoms with Gasteiger partial charge in [-0.05, 0) is 55.1 Å². The smallest absolute Gasteiger partial charge is 0.279 e. The molecule has 2 N–H and O–H groups in total. The highest BCUT2D eigenvalue weighted by Gasteiger charge is 2.19. The predicted octanol–water partition coefficient (Wildman–Crippen LogP) is 1.92. The molecule has 0 saturated carbocycles. The van der Waals surface area contributed by atoms with Crippen molar-refractivity contribution in [3.8, 4) is 5.75 Å². The van der Waals surface area contributed by atoms with Gasteiger partial charge < -0.3 is 19.9 Å². The molecule has 6 nitrogen and oxygen atoms in total. The van der Waals surface area contributed by atoms with Crippen molar-refractivity contribution in [2.24, 2.45) is 0 Å². The molecule has 2 aromatic carbocycles. The molecule has 0 aromatic heterocycles. The average molecular weight is 417 g/mol. The third-order valence-corrected chi connectivity index (χ3v) is 5.43. The third kappa shape index (κ3) is 7.44. The van der Waals surface area contributed by atoms with Crippen LogP contribution in [-0.2, 0) is 16.1 Å². The molecule has 0 heterocycles. The second-order valence-electron chi connectivity index (χ2n) is 6.83. The number of thioether (sulfide) groups is 1. The predicted molar refractivity (Wildman–Crippen MR) is 118 cm³/mol. The molecule has 7 heteroatoms. The van der Waals surface area contributed by atoms with Crippen LogP contribution in [0.2, 0.25) is 0 Å². The van der Waals surface area contributed by atoms with Crippen molar-refractivity contribution < 1.29 is 19.2 Å². The Labute approximate surface area is 177 Å². The minimum Gasteiger partial charge on any atom is -0.497 e. The van der Waals surface area contributed by atoms with Crippen LogP contribution in [0.3, 0.4) is 0 Å². The van der Waals surface area contributed by atoms with Crippen molar-refractivity contribution in [3.05, 3.63) is 54.1 Å². The third-order valence-electron chi connectivity index (χ3n) is 4.69. The topological polar surface area (TPSA) is 63.1 Å². The summed E-state index contributed by atoms with van der Waals surface area (Å²) in [6, 6.07) is 15.4. The zero-order chi connectivity index (χ0) is 21.2. The Morgan fingerprint density at radius 2 is 1.72 bits per heavy atom. The first-order valence-corrected chi connectivity index (χ1v) is 10.8. The van der Waals surface area contributed by atoms with Crippen molar-refractivity contribution in [2.45, 2.75) is 18.4 Å². The number of ether oxygens (including phenoxy) is 1. The van der Waals surface area contributed by atoms with E-state index in [1.807, 2.05) is 25.3 Å². The lowest BCUT2D eigenvalue weighted by Gasteiger charge is -2.22. The molecule has 156 valence electrons. The number of hydrogen-bond acceptors (Lipinski definition) is 4. The summed E-state index contributed by atoms with van der Waals surface area (Å²) >= 11 is 1.69. The van der Waals surface area contributed by atoms with E-state index in [1.165, 1.54) is 4.90 Å². The highest BCUT2D eigenvalue weighted by molar-refractivity contribution is 7.98. The number of quaternary nitrogens is 1. The molecule has 0 aliphatic carbocycles. The van der Waals surface area contributed by atoms with Crippen molar-refractivity contribution in [3.63, 3.8) is 0 Å². The van der Waals surface area contributed by atoms with Crippen LogP contribution < -0.4 is 15.0 Å². The van der Waals surface area contributed by atoms with Crippen LogP contribution >= 0.6 is 11.8 Å². The van der Waals surface area contributed by atoms with Crippen molar-refractivity contribution in [1.82, 2.24) is 4.90 Å². The molecule has 0 aliphatic rings. The van der Waals surface area contributed by atoms with Crippen LogP contribution in [0.25, 0.3) is 0 Å². The lowest BCUT2D eigenvalue weighted by molar-refractivity contribution is -0.882. The second kappa shape index (κ2) is 11.5. The van der Waals surface area contributed by atoms with Gasteiger partial charge in [0.05, 0.1) is 13.7 Å². The summed E-state index contributed by atoms with van der Waals surface area (Å²) in [5.74, 6) is 0.642. The van der Waals surface area contributed by atoms with Gasteiger partial charge in [-0.25, -0.2) is 0 Å². The molecule has 0 fully saturated rings. The van der Waals surface area contributed by atoms with Gasteiger partial charge in [0.15, 0.2) is 13.1 Å². The van der Waals surface area contributed by atoms with Gasteiger partial charge in [0.25, 0.3) is 11.8 Å². The first-order chi connectivity index (χ1) is 13.9. The van der Waals surface area contributed by atoms with E-state index in [0.717, 1.165) is 16.2 Å². The van der Waals surface area contributed by atoms with Crippen molar-refractivity contribution in [2.75, 3.05) is 45.4 Å². The second-order valence-corrected chi connectivity index (χ2v) is 7.71. The Bertz CT molecular complexity index is 794. The van der Waals surface area contributed by atoms with Gasteiger partial charge in [0.2, 0.25) is 0 Å². The quantitative estimate of drug-likeness (QED) is 0.581. The molecule has 1 unspecified atom stereocenters. The molecule has 0 aliphatic heterocycles. The minimum absolute atomic E-state index is 0.0213. The van der Waals surface area contributed by atoms with E-state index < -0.39 is 0 Å². The van der Waals surface area contributed by atoms with Crippen LogP contribution in [0.5, 0.6) is 5.75 Å².